The Morgan fingerprint density at radius 3 is 2.08 bits per heavy atom. The maximum absolute atomic E-state index is 11.1. The molecule has 0 bridgehead atoms. The van der Waals surface area contributed by atoms with Crippen molar-refractivity contribution < 1.29 is 54.3 Å². The zero-order valence-electron chi connectivity index (χ0n) is 20.5. The summed E-state index contributed by atoms with van der Waals surface area (Å²) in [6.07, 6.45) is -13.7. The fourth-order valence-corrected chi connectivity index (χ4v) is 5.46. The van der Waals surface area contributed by atoms with Crippen molar-refractivity contribution in [2.45, 2.75) is 117 Å². The molecule has 37 heavy (non-hydrogen) atoms. The molecule has 17 atom stereocenters. The van der Waals surface area contributed by atoms with E-state index in [2.05, 4.69) is 5.32 Å². The van der Waals surface area contributed by atoms with Gasteiger partial charge in [-0.2, -0.15) is 0 Å². The number of rotatable bonds is 6. The molecule has 3 heterocycles. The molecule has 3 aliphatic heterocycles. The third-order valence-corrected chi connectivity index (χ3v) is 7.74. The molecule has 15 N–H and O–H groups in total. The Hall–Kier alpha value is -0.640. The van der Waals surface area contributed by atoms with E-state index in [9.17, 15) is 30.6 Å². The minimum Gasteiger partial charge on any atom is -0.394 e. The molecular weight excluding hydrogens is 498 g/mol. The highest BCUT2D eigenvalue weighted by molar-refractivity contribution is 5.01. The topological polar surface area (TPSA) is 284 Å². The largest absolute Gasteiger partial charge is 0.394 e. The minimum atomic E-state index is -1.54. The van der Waals surface area contributed by atoms with Gasteiger partial charge in [-0.1, -0.05) is 0 Å². The van der Waals surface area contributed by atoms with E-state index in [1.165, 1.54) is 0 Å². The van der Waals surface area contributed by atoms with Crippen LogP contribution in [0.25, 0.3) is 0 Å². The second-order valence-electron chi connectivity index (χ2n) is 10.3. The van der Waals surface area contributed by atoms with Gasteiger partial charge in [0, 0.05) is 12.1 Å². The summed E-state index contributed by atoms with van der Waals surface area (Å²) in [5.41, 5.74) is 24.0. The first kappa shape index (κ1) is 29.3. The first-order valence-electron chi connectivity index (χ1n) is 12.5. The number of nitrogens with one attached hydrogen (secondary N) is 1. The van der Waals surface area contributed by atoms with E-state index in [0.717, 1.165) is 0 Å². The number of fused-ring (bicyclic) bond motifs is 1. The van der Waals surface area contributed by atoms with E-state index in [1.807, 2.05) is 0 Å². The molecule has 4 aliphatic rings. The second kappa shape index (κ2) is 11.8. The molecule has 3 saturated heterocycles. The van der Waals surface area contributed by atoms with Gasteiger partial charge in [-0.3, -0.25) is 0 Å². The molecular formula is C21H41N5O11. The molecule has 0 aromatic heterocycles. The van der Waals surface area contributed by atoms with E-state index < -0.39 is 111 Å². The highest BCUT2D eigenvalue weighted by Crippen LogP contribution is 2.35. The third kappa shape index (κ3) is 5.66. The van der Waals surface area contributed by atoms with Crippen LogP contribution < -0.4 is 28.3 Å². The van der Waals surface area contributed by atoms with E-state index in [1.54, 1.807) is 7.05 Å². The standard InChI is InChI=1S/C21H41N5O11/c1-26-11-14(30)18-8(33-20(11)37-21-16(32)13(29)10(25)9(4-27)34-21)3-7(24)19(36-18)35-17-6(23)2-5(22)12(28)15(17)31/h5-21,26-32H,2-4,22-25H2,1H3/t5-,6?,7?,8+,9?,10-,11?,12?,13?,14?,15-,16?,17-,18?,19+,20?,21-/m1/s1. The molecule has 4 fully saturated rings. The SMILES string of the molecule is CNC1C(O[C@H]2OC(CO)[C@@H](N)C(O)C2O)O[C@H]2CC(N)[C@@H](O[C@@H]3C(N)C[C@@H](N)C(O)[C@H]3O)OC2C1O. The van der Waals surface area contributed by atoms with Crippen molar-refractivity contribution in [1.82, 2.24) is 5.32 Å². The Bertz CT molecular complexity index is 756. The van der Waals surface area contributed by atoms with Crippen LogP contribution >= 0.6 is 0 Å². The highest BCUT2D eigenvalue weighted by Gasteiger charge is 2.54. The zero-order chi connectivity index (χ0) is 27.2. The smallest absolute Gasteiger partial charge is 0.189 e. The van der Waals surface area contributed by atoms with Gasteiger partial charge in [0.05, 0.1) is 36.9 Å². The van der Waals surface area contributed by atoms with Crippen molar-refractivity contribution in [3.8, 4) is 0 Å². The van der Waals surface area contributed by atoms with E-state index in [4.69, 9.17) is 46.6 Å². The Morgan fingerprint density at radius 1 is 0.730 bits per heavy atom. The normalized spacial score (nSPS) is 55.1. The predicted octanol–water partition coefficient (Wildman–Crippen LogP) is -6.95. The van der Waals surface area contributed by atoms with Crippen molar-refractivity contribution in [3.05, 3.63) is 0 Å². The number of aliphatic hydroxyl groups excluding tert-OH is 6. The van der Waals surface area contributed by atoms with Gasteiger partial charge in [0.1, 0.15) is 42.7 Å². The molecule has 216 valence electrons. The molecule has 1 aliphatic carbocycles. The monoisotopic (exact) mass is 539 g/mol. The van der Waals surface area contributed by atoms with Gasteiger partial charge < -0.3 is 82.6 Å². The molecule has 0 aromatic carbocycles. The van der Waals surface area contributed by atoms with Crippen molar-refractivity contribution in [1.29, 1.82) is 0 Å². The van der Waals surface area contributed by atoms with Gasteiger partial charge in [0.15, 0.2) is 18.9 Å². The van der Waals surface area contributed by atoms with E-state index in [-0.39, 0.29) is 12.8 Å². The second-order valence-corrected chi connectivity index (χ2v) is 10.3. The highest BCUT2D eigenvalue weighted by atomic mass is 16.8. The van der Waals surface area contributed by atoms with Gasteiger partial charge in [-0.15, -0.1) is 0 Å². The van der Waals surface area contributed by atoms with E-state index in [0.29, 0.717) is 0 Å². The summed E-state index contributed by atoms with van der Waals surface area (Å²) >= 11 is 0. The molecule has 16 nitrogen and oxygen atoms in total. The zero-order valence-corrected chi connectivity index (χ0v) is 20.5. The van der Waals surface area contributed by atoms with Crippen LogP contribution in [-0.2, 0) is 23.7 Å². The summed E-state index contributed by atoms with van der Waals surface area (Å²) < 4.78 is 29.2. The summed E-state index contributed by atoms with van der Waals surface area (Å²) in [5, 5.41) is 64.7. The van der Waals surface area contributed by atoms with Crippen LogP contribution in [-0.4, -0.2) is 148 Å². The maximum atomic E-state index is 11.1. The lowest BCUT2D eigenvalue weighted by atomic mass is 9.84. The number of ether oxygens (including phenoxy) is 5. The molecule has 1 saturated carbocycles. The lowest BCUT2D eigenvalue weighted by Crippen LogP contribution is -2.70. The summed E-state index contributed by atoms with van der Waals surface area (Å²) in [4.78, 5) is 0. The first-order valence-corrected chi connectivity index (χ1v) is 12.5. The van der Waals surface area contributed by atoms with Crippen LogP contribution in [0, 0.1) is 0 Å². The lowest BCUT2D eigenvalue weighted by molar-refractivity contribution is -0.373. The van der Waals surface area contributed by atoms with Gasteiger partial charge >= 0.3 is 0 Å². The van der Waals surface area contributed by atoms with Crippen LogP contribution in [0.15, 0.2) is 0 Å². The van der Waals surface area contributed by atoms with Crippen molar-refractivity contribution >= 4 is 0 Å². The predicted molar refractivity (Wildman–Crippen MR) is 123 cm³/mol. The Balaban J connectivity index is 1.43. The van der Waals surface area contributed by atoms with Crippen LogP contribution in [0.5, 0.6) is 0 Å². The summed E-state index contributed by atoms with van der Waals surface area (Å²) in [7, 11) is 1.55. The Morgan fingerprint density at radius 2 is 1.43 bits per heavy atom. The number of aliphatic hydroxyl groups is 6. The van der Waals surface area contributed by atoms with Crippen LogP contribution in [0.3, 0.4) is 0 Å². The molecule has 0 aromatic rings. The number of nitrogens with two attached hydrogens (primary N) is 4. The first-order chi connectivity index (χ1) is 17.5. The van der Waals surface area contributed by atoms with Crippen LogP contribution in [0.1, 0.15) is 12.8 Å². The van der Waals surface area contributed by atoms with Crippen molar-refractivity contribution in [3.63, 3.8) is 0 Å². The molecule has 0 amide bonds. The summed E-state index contributed by atoms with van der Waals surface area (Å²) in [5.74, 6) is 0. The summed E-state index contributed by atoms with van der Waals surface area (Å²) in [6.45, 7) is -0.508. The number of hydrogen-bond acceptors (Lipinski definition) is 16. The van der Waals surface area contributed by atoms with Crippen molar-refractivity contribution in [2.75, 3.05) is 13.7 Å². The Labute approximate surface area is 213 Å². The quantitative estimate of drug-likeness (QED) is 0.149. The molecule has 0 radical (unpaired) electrons. The van der Waals surface area contributed by atoms with Gasteiger partial charge in [0.2, 0.25) is 0 Å². The lowest BCUT2D eigenvalue weighted by Gasteiger charge is -2.51. The van der Waals surface area contributed by atoms with Crippen LogP contribution in [0.2, 0.25) is 0 Å². The number of likely N-dealkylation sites (N-methyl/N-ethyl adjacent to an activating group) is 1. The maximum Gasteiger partial charge on any atom is 0.189 e. The fourth-order valence-electron chi connectivity index (χ4n) is 5.46. The minimum absolute atomic E-state index is 0.156. The van der Waals surface area contributed by atoms with Gasteiger partial charge in [-0.25, -0.2) is 0 Å². The van der Waals surface area contributed by atoms with Crippen LogP contribution in [0.4, 0.5) is 0 Å². The average Bonchev–Trinajstić information content (AvgIpc) is 2.86. The third-order valence-electron chi connectivity index (χ3n) is 7.74. The number of hydrogen-bond donors (Lipinski definition) is 11. The summed E-state index contributed by atoms with van der Waals surface area (Å²) in [6, 6.07) is -4.05. The molecule has 10 unspecified atom stereocenters. The molecule has 16 heteroatoms. The van der Waals surface area contributed by atoms with Gasteiger partial charge in [0.25, 0.3) is 0 Å². The fraction of sp³-hybridized carbons (Fsp3) is 1.00. The molecule has 0 spiro atoms. The average molecular weight is 540 g/mol. The molecule has 4 rings (SSSR count). The van der Waals surface area contributed by atoms with Gasteiger partial charge in [-0.05, 0) is 19.9 Å². The van der Waals surface area contributed by atoms with E-state index >= 15 is 0 Å². The Kier molecular flexibility index (Phi) is 9.40. The van der Waals surface area contributed by atoms with Crippen molar-refractivity contribution in [2.24, 2.45) is 22.9 Å².